The Kier molecular flexibility index (Phi) is 7.89. The summed E-state index contributed by atoms with van der Waals surface area (Å²) in [7, 11) is 0.935. The second-order valence-electron chi connectivity index (χ2n) is 9.09. The van der Waals surface area contributed by atoms with Crippen molar-refractivity contribution in [3.8, 4) is 5.75 Å². The Hall–Kier alpha value is -2.75. The lowest BCUT2D eigenvalue weighted by Crippen LogP contribution is -2.23. The molecule has 0 aliphatic carbocycles. The lowest BCUT2D eigenvalue weighted by atomic mass is 9.70. The average Bonchev–Trinajstić information content (AvgIpc) is 3.19. The molecule has 1 N–H and O–H groups in total. The van der Waals surface area contributed by atoms with E-state index in [0.717, 1.165) is 13.0 Å². The third kappa shape index (κ3) is 8.86. The first-order chi connectivity index (χ1) is 13.6. The van der Waals surface area contributed by atoms with E-state index in [4.69, 9.17) is 4.74 Å². The molecule has 0 spiro atoms. The first-order valence-electron chi connectivity index (χ1n) is 10.1. The predicted molar refractivity (Wildman–Crippen MR) is 126 cm³/mol. The molecular formula is C25H33BN2O. The normalized spacial score (nSPS) is 11.7. The molecule has 3 rings (SSSR count). The fraction of sp³-hybridized carbons (Fsp3) is 0.320. The van der Waals surface area contributed by atoms with Gasteiger partial charge in [0.15, 0.2) is 7.28 Å². The molecule has 0 amide bonds. The van der Waals surface area contributed by atoms with Crippen LogP contribution < -0.4 is 10.2 Å². The molecule has 3 nitrogen and oxygen atoms in total. The van der Waals surface area contributed by atoms with Gasteiger partial charge in [-0.15, -0.1) is 5.98 Å². The summed E-state index contributed by atoms with van der Waals surface area (Å²) in [4.78, 5) is 7.00. The third-order valence-electron chi connectivity index (χ3n) is 4.12. The minimum absolute atomic E-state index is 0.144. The molecule has 2 aromatic carbocycles. The highest BCUT2D eigenvalue weighted by Gasteiger charge is 2.13. The van der Waals surface area contributed by atoms with Crippen LogP contribution in [0.2, 0.25) is 0 Å². The Morgan fingerprint density at radius 3 is 2.03 bits per heavy atom. The molecule has 0 saturated heterocycles. The summed E-state index contributed by atoms with van der Waals surface area (Å²) < 4.78 is 5.81. The summed E-state index contributed by atoms with van der Waals surface area (Å²) in [5, 5.41) is 0. The number of nitrogens with one attached hydrogen (secondary N) is 1. The number of benzene rings is 2. The standard InChI is InChI=1S/C18H21BO.C7H12N2/c1-18(2,3)20-17-11-9-16(10-12-17)19-14-13-15-7-5-4-6-8-15;1-7(2,3)6-4-8-5-9-6/h4-14,19H,1-3H3;4-5H,1-3H3,(H,8,9). The Morgan fingerprint density at radius 2 is 1.55 bits per heavy atom. The van der Waals surface area contributed by atoms with Crippen LogP contribution in [0.3, 0.4) is 0 Å². The number of ether oxygens (including phenoxy) is 1. The van der Waals surface area contributed by atoms with E-state index < -0.39 is 0 Å². The number of rotatable bonds is 4. The smallest absolute Gasteiger partial charge is 0.183 e. The molecule has 0 atom stereocenters. The SMILES string of the molecule is CC(C)(C)Oc1ccc(BC=Cc2ccccc2)cc1.CC(C)(C)c1cnc[nH]1. The predicted octanol–water partition coefficient (Wildman–Crippen LogP) is 5.30. The van der Waals surface area contributed by atoms with Gasteiger partial charge in [-0.3, -0.25) is 0 Å². The Bertz CT molecular complexity index is 856. The van der Waals surface area contributed by atoms with Crippen molar-refractivity contribution < 1.29 is 4.74 Å². The van der Waals surface area contributed by atoms with Crippen molar-refractivity contribution in [2.24, 2.45) is 0 Å². The van der Waals surface area contributed by atoms with Crippen LogP contribution in [0.1, 0.15) is 52.8 Å². The molecule has 0 bridgehead atoms. The highest BCUT2D eigenvalue weighted by atomic mass is 16.5. The van der Waals surface area contributed by atoms with Crippen molar-refractivity contribution >= 4 is 18.8 Å². The second-order valence-corrected chi connectivity index (χ2v) is 9.09. The fourth-order valence-corrected chi connectivity index (χ4v) is 2.61. The van der Waals surface area contributed by atoms with E-state index in [9.17, 15) is 0 Å². The van der Waals surface area contributed by atoms with Gasteiger partial charge in [0.1, 0.15) is 11.4 Å². The van der Waals surface area contributed by atoms with Gasteiger partial charge >= 0.3 is 0 Å². The highest BCUT2D eigenvalue weighted by molar-refractivity contribution is 6.59. The van der Waals surface area contributed by atoms with Crippen molar-refractivity contribution in [2.75, 3.05) is 0 Å². The maximum Gasteiger partial charge on any atom is 0.183 e. The van der Waals surface area contributed by atoms with Gasteiger partial charge in [0, 0.05) is 17.3 Å². The Labute approximate surface area is 176 Å². The van der Waals surface area contributed by atoms with Crippen molar-refractivity contribution in [1.82, 2.24) is 9.97 Å². The molecule has 4 heteroatoms. The molecular weight excluding hydrogens is 355 g/mol. The van der Waals surface area contributed by atoms with E-state index in [-0.39, 0.29) is 11.0 Å². The van der Waals surface area contributed by atoms with Gasteiger partial charge in [0.2, 0.25) is 0 Å². The Morgan fingerprint density at radius 1 is 0.897 bits per heavy atom. The lowest BCUT2D eigenvalue weighted by molar-refractivity contribution is 0.131. The maximum atomic E-state index is 5.81. The number of H-pyrrole nitrogens is 1. The third-order valence-corrected chi connectivity index (χ3v) is 4.12. The van der Waals surface area contributed by atoms with Crippen LogP contribution in [0.25, 0.3) is 6.08 Å². The van der Waals surface area contributed by atoms with Crippen LogP contribution in [0.4, 0.5) is 0 Å². The molecule has 152 valence electrons. The monoisotopic (exact) mass is 388 g/mol. The zero-order valence-electron chi connectivity index (χ0n) is 18.6. The average molecular weight is 388 g/mol. The largest absolute Gasteiger partial charge is 0.488 e. The zero-order chi connectivity index (χ0) is 21.3. The maximum absolute atomic E-state index is 5.81. The lowest BCUT2D eigenvalue weighted by Gasteiger charge is -2.21. The first-order valence-corrected chi connectivity index (χ1v) is 10.1. The van der Waals surface area contributed by atoms with Crippen LogP contribution in [-0.2, 0) is 5.41 Å². The number of imidazole rings is 1. The molecule has 0 saturated carbocycles. The van der Waals surface area contributed by atoms with Crippen molar-refractivity contribution in [3.63, 3.8) is 0 Å². The Balaban J connectivity index is 0.000000278. The van der Waals surface area contributed by atoms with E-state index in [1.165, 1.54) is 16.7 Å². The molecule has 0 fully saturated rings. The summed E-state index contributed by atoms with van der Waals surface area (Å²) in [6, 6.07) is 18.7. The van der Waals surface area contributed by atoms with Gasteiger partial charge < -0.3 is 9.72 Å². The molecule has 0 aliphatic rings. The first kappa shape index (κ1) is 22.5. The van der Waals surface area contributed by atoms with Gasteiger partial charge in [-0.05, 0) is 38.5 Å². The van der Waals surface area contributed by atoms with Gasteiger partial charge in [-0.2, -0.15) is 0 Å². The molecule has 29 heavy (non-hydrogen) atoms. The minimum atomic E-state index is -0.144. The summed E-state index contributed by atoms with van der Waals surface area (Å²) in [6.07, 6.45) is 5.72. The molecule has 1 aromatic heterocycles. The quantitative estimate of drug-likeness (QED) is 0.616. The summed E-state index contributed by atoms with van der Waals surface area (Å²) >= 11 is 0. The van der Waals surface area contributed by atoms with Crippen LogP contribution in [0, 0.1) is 0 Å². The van der Waals surface area contributed by atoms with Gasteiger partial charge in [0.05, 0.1) is 6.33 Å². The summed E-state index contributed by atoms with van der Waals surface area (Å²) in [5.74, 6) is 3.11. The van der Waals surface area contributed by atoms with Crippen LogP contribution in [0.15, 0.2) is 73.1 Å². The second kappa shape index (κ2) is 10.2. The van der Waals surface area contributed by atoms with Gasteiger partial charge in [-0.1, -0.05) is 74.8 Å². The van der Waals surface area contributed by atoms with Gasteiger partial charge in [-0.25, -0.2) is 4.98 Å². The number of aromatic nitrogens is 2. The van der Waals surface area contributed by atoms with E-state index in [1.807, 2.05) is 24.4 Å². The van der Waals surface area contributed by atoms with Crippen molar-refractivity contribution in [2.45, 2.75) is 52.6 Å². The molecule has 1 heterocycles. The van der Waals surface area contributed by atoms with E-state index in [2.05, 4.69) is 100.0 Å². The van der Waals surface area contributed by atoms with Crippen molar-refractivity contribution in [1.29, 1.82) is 0 Å². The van der Waals surface area contributed by atoms with Crippen LogP contribution in [-0.4, -0.2) is 22.8 Å². The van der Waals surface area contributed by atoms with Crippen molar-refractivity contribution in [3.05, 3.63) is 84.4 Å². The van der Waals surface area contributed by atoms with E-state index in [0.29, 0.717) is 0 Å². The number of aromatic amines is 1. The topological polar surface area (TPSA) is 37.9 Å². The van der Waals surface area contributed by atoms with E-state index in [1.54, 1.807) is 6.33 Å². The van der Waals surface area contributed by atoms with Crippen LogP contribution >= 0.6 is 0 Å². The highest BCUT2D eigenvalue weighted by Crippen LogP contribution is 2.18. The molecule has 3 aromatic rings. The van der Waals surface area contributed by atoms with E-state index >= 15 is 0 Å². The number of hydrogen-bond acceptors (Lipinski definition) is 2. The zero-order valence-corrected chi connectivity index (χ0v) is 18.6. The summed E-state index contributed by atoms with van der Waals surface area (Å²) in [6.45, 7) is 12.6. The van der Waals surface area contributed by atoms with Gasteiger partial charge in [0.25, 0.3) is 0 Å². The summed E-state index contributed by atoms with van der Waals surface area (Å²) in [5.41, 5.74) is 3.77. The number of hydrogen-bond donors (Lipinski definition) is 1. The van der Waals surface area contributed by atoms with Crippen LogP contribution in [0.5, 0.6) is 5.75 Å². The minimum Gasteiger partial charge on any atom is -0.488 e. The fourth-order valence-electron chi connectivity index (χ4n) is 2.61. The number of nitrogens with zero attached hydrogens (tertiary/aromatic N) is 1. The molecule has 0 aliphatic heterocycles. The molecule has 0 radical (unpaired) electrons. The molecule has 0 unspecified atom stereocenters.